The maximum Gasteiger partial charge on any atom is 0.172 e. The van der Waals surface area contributed by atoms with Crippen LogP contribution in [0.1, 0.15) is 19.6 Å². The summed E-state index contributed by atoms with van der Waals surface area (Å²) in [6.45, 7) is 3.63. The van der Waals surface area contributed by atoms with E-state index in [2.05, 4.69) is 15.0 Å². The van der Waals surface area contributed by atoms with Crippen LogP contribution in [-0.2, 0) is 18.9 Å². The van der Waals surface area contributed by atoms with Gasteiger partial charge in [0.05, 0.1) is 26.4 Å². The number of aromatic nitrogens is 4. The van der Waals surface area contributed by atoms with Crippen LogP contribution in [-0.4, -0.2) is 93.9 Å². The van der Waals surface area contributed by atoms with Gasteiger partial charge in [-0.25, -0.2) is 15.0 Å². The Labute approximate surface area is 178 Å². The van der Waals surface area contributed by atoms with Gasteiger partial charge in [0, 0.05) is 19.5 Å². The summed E-state index contributed by atoms with van der Waals surface area (Å²) in [4.78, 5) is 12.9. The van der Waals surface area contributed by atoms with Crippen LogP contribution in [0, 0.1) is 0 Å². The summed E-state index contributed by atoms with van der Waals surface area (Å²) in [5, 5.41) is 20.8. The molecule has 0 bridgehead atoms. The number of anilines is 1. The summed E-state index contributed by atoms with van der Waals surface area (Å²) in [7, 11) is 1.62. The molecule has 11 nitrogen and oxygen atoms in total. The summed E-state index contributed by atoms with van der Waals surface area (Å²) in [5.74, 6) is 0.875. The fourth-order valence-corrected chi connectivity index (χ4v) is 4.05. The Morgan fingerprint density at radius 2 is 2.10 bits per heavy atom. The molecular weight excluding hydrogens is 414 g/mol. The molecule has 12 heteroatoms. The highest BCUT2D eigenvalue weighted by molar-refractivity contribution is 7.99. The third kappa shape index (κ3) is 5.02. The lowest BCUT2D eigenvalue weighted by atomic mass is 10.1. The number of fused-ring (bicyclic) bond motifs is 1. The van der Waals surface area contributed by atoms with Gasteiger partial charge in [-0.1, -0.05) is 18.7 Å². The normalized spacial score (nSPS) is 24.1. The van der Waals surface area contributed by atoms with E-state index in [-0.39, 0.29) is 12.4 Å². The van der Waals surface area contributed by atoms with E-state index >= 15 is 0 Å². The number of aliphatic hydroxyl groups is 2. The predicted molar refractivity (Wildman–Crippen MR) is 110 cm³/mol. The molecule has 0 unspecified atom stereocenters. The molecule has 168 valence electrons. The number of nitrogens with zero attached hydrogens (tertiary/aromatic N) is 4. The first-order valence-corrected chi connectivity index (χ1v) is 10.8. The summed E-state index contributed by atoms with van der Waals surface area (Å²) < 4.78 is 24.1. The van der Waals surface area contributed by atoms with Crippen molar-refractivity contribution in [1.29, 1.82) is 0 Å². The van der Waals surface area contributed by atoms with Crippen LogP contribution < -0.4 is 5.73 Å². The van der Waals surface area contributed by atoms with Crippen LogP contribution >= 0.6 is 11.8 Å². The molecule has 1 saturated heterocycles. The van der Waals surface area contributed by atoms with E-state index in [0.29, 0.717) is 48.5 Å². The topological polar surface area (TPSA) is 147 Å². The molecule has 30 heavy (non-hydrogen) atoms. The molecule has 0 aliphatic carbocycles. The quantitative estimate of drug-likeness (QED) is 0.305. The van der Waals surface area contributed by atoms with E-state index in [9.17, 15) is 10.2 Å². The Balaban J connectivity index is 1.89. The van der Waals surface area contributed by atoms with Crippen molar-refractivity contribution in [3.8, 4) is 0 Å². The number of hydrogen-bond acceptors (Lipinski definition) is 11. The van der Waals surface area contributed by atoms with Crippen LogP contribution in [0.15, 0.2) is 11.5 Å². The van der Waals surface area contributed by atoms with Crippen molar-refractivity contribution >= 4 is 28.7 Å². The van der Waals surface area contributed by atoms with Gasteiger partial charge in [-0.3, -0.25) is 4.57 Å². The molecule has 0 aromatic carbocycles. The van der Waals surface area contributed by atoms with Gasteiger partial charge in [-0.15, -0.1) is 0 Å². The highest BCUT2D eigenvalue weighted by Crippen LogP contribution is 2.37. The number of nitrogen functional groups attached to an aromatic ring is 1. The molecule has 2 aromatic heterocycles. The van der Waals surface area contributed by atoms with Gasteiger partial charge in [0.25, 0.3) is 0 Å². The first-order chi connectivity index (χ1) is 14.6. The summed E-state index contributed by atoms with van der Waals surface area (Å²) in [6.07, 6.45) is -1.04. The van der Waals surface area contributed by atoms with Crippen LogP contribution in [0.5, 0.6) is 0 Å². The first kappa shape index (κ1) is 23.1. The standard InChI is InChI=1S/C18H29N5O6S/c1-3-4-28-14-13(25)11(9-24)29-17(14)23-16-12(15(19)20-10-21-16)22-18(23)30-8-7-27-6-5-26-2/h10-11,13-14,17,24-25H,3-9H2,1-2H3,(H2,19,20,21)/t11-,13-,14-,17-/m1/s1. The molecular formula is C18H29N5O6S. The number of aliphatic hydroxyl groups excluding tert-OH is 2. The molecule has 0 amide bonds. The lowest BCUT2D eigenvalue weighted by Gasteiger charge is -2.23. The zero-order valence-electron chi connectivity index (χ0n) is 17.1. The molecule has 2 aromatic rings. The number of ether oxygens (including phenoxy) is 4. The Kier molecular flexibility index (Phi) is 8.62. The highest BCUT2D eigenvalue weighted by atomic mass is 32.2. The van der Waals surface area contributed by atoms with Crippen molar-refractivity contribution in [2.75, 3.05) is 51.6 Å². The second-order valence-corrected chi connectivity index (χ2v) is 7.78. The molecule has 3 heterocycles. The molecule has 4 N–H and O–H groups in total. The van der Waals surface area contributed by atoms with Crippen molar-refractivity contribution in [2.24, 2.45) is 0 Å². The van der Waals surface area contributed by atoms with E-state index in [1.807, 2.05) is 6.92 Å². The second kappa shape index (κ2) is 11.2. The van der Waals surface area contributed by atoms with E-state index in [4.69, 9.17) is 24.7 Å². The van der Waals surface area contributed by atoms with Gasteiger partial charge in [0.2, 0.25) is 0 Å². The van der Waals surface area contributed by atoms with Crippen LogP contribution in [0.4, 0.5) is 5.82 Å². The van der Waals surface area contributed by atoms with E-state index < -0.39 is 24.5 Å². The monoisotopic (exact) mass is 443 g/mol. The number of imidazole rings is 1. The van der Waals surface area contributed by atoms with E-state index in [1.165, 1.54) is 18.1 Å². The van der Waals surface area contributed by atoms with Crippen LogP contribution in [0.2, 0.25) is 0 Å². The summed E-state index contributed by atoms with van der Waals surface area (Å²) in [5.41, 5.74) is 6.93. The Morgan fingerprint density at radius 3 is 2.83 bits per heavy atom. The third-order valence-corrected chi connectivity index (χ3v) is 5.54. The largest absolute Gasteiger partial charge is 0.394 e. The smallest absolute Gasteiger partial charge is 0.172 e. The van der Waals surface area contributed by atoms with Gasteiger partial charge in [-0.05, 0) is 6.42 Å². The van der Waals surface area contributed by atoms with Crippen molar-refractivity contribution in [1.82, 2.24) is 19.5 Å². The van der Waals surface area contributed by atoms with Crippen LogP contribution in [0.25, 0.3) is 11.2 Å². The molecule has 0 spiro atoms. The molecule has 0 saturated carbocycles. The zero-order chi connectivity index (χ0) is 21.5. The fourth-order valence-electron chi connectivity index (χ4n) is 3.18. The average molecular weight is 444 g/mol. The average Bonchev–Trinajstić information content (AvgIpc) is 3.26. The van der Waals surface area contributed by atoms with Gasteiger partial charge in [0.1, 0.15) is 24.6 Å². The van der Waals surface area contributed by atoms with Gasteiger partial charge < -0.3 is 34.9 Å². The van der Waals surface area contributed by atoms with E-state index in [1.54, 1.807) is 11.7 Å². The van der Waals surface area contributed by atoms with Crippen molar-refractivity contribution in [3.63, 3.8) is 0 Å². The first-order valence-electron chi connectivity index (χ1n) is 9.86. The van der Waals surface area contributed by atoms with Gasteiger partial charge in [0.15, 0.2) is 28.4 Å². The minimum absolute atomic E-state index is 0.250. The second-order valence-electron chi connectivity index (χ2n) is 6.72. The molecule has 1 fully saturated rings. The zero-order valence-corrected chi connectivity index (χ0v) is 18.0. The minimum Gasteiger partial charge on any atom is -0.394 e. The molecule has 1 aliphatic heterocycles. The highest BCUT2D eigenvalue weighted by Gasteiger charge is 2.46. The molecule has 4 atom stereocenters. The van der Waals surface area contributed by atoms with Crippen molar-refractivity contribution in [3.05, 3.63) is 6.33 Å². The number of hydrogen-bond donors (Lipinski definition) is 3. The lowest BCUT2D eigenvalue weighted by Crippen LogP contribution is -2.35. The van der Waals surface area contributed by atoms with Gasteiger partial charge in [-0.2, -0.15) is 0 Å². The SMILES string of the molecule is CCCO[C@@H]1[C@H](O)[C@@H](CO)O[C@H]1n1c(SCCOCCOC)nc2c(N)ncnc21. The predicted octanol–water partition coefficient (Wildman–Crippen LogP) is 0.209. The van der Waals surface area contributed by atoms with Gasteiger partial charge >= 0.3 is 0 Å². The lowest BCUT2D eigenvalue weighted by molar-refractivity contribution is -0.0740. The number of rotatable bonds is 12. The summed E-state index contributed by atoms with van der Waals surface area (Å²) in [6, 6.07) is 0. The van der Waals surface area contributed by atoms with Crippen molar-refractivity contribution in [2.45, 2.75) is 43.0 Å². The maximum atomic E-state index is 10.6. The fraction of sp³-hybridized carbons (Fsp3) is 0.722. The molecule has 0 radical (unpaired) electrons. The Hall–Kier alpha value is -1.54. The maximum absolute atomic E-state index is 10.6. The number of nitrogens with two attached hydrogens (primary N) is 1. The third-order valence-electron chi connectivity index (χ3n) is 4.63. The Bertz CT molecular complexity index is 809. The minimum atomic E-state index is -0.988. The molecule has 1 aliphatic rings. The van der Waals surface area contributed by atoms with E-state index in [0.717, 1.165) is 6.42 Å². The summed E-state index contributed by atoms with van der Waals surface area (Å²) >= 11 is 1.45. The Morgan fingerprint density at radius 1 is 1.27 bits per heavy atom. The number of thioether (sulfide) groups is 1. The molecule has 3 rings (SSSR count). The number of methoxy groups -OCH3 is 1. The van der Waals surface area contributed by atoms with Crippen molar-refractivity contribution < 1.29 is 29.2 Å². The van der Waals surface area contributed by atoms with Crippen LogP contribution in [0.3, 0.4) is 0 Å².